The number of carbonyl (C=O) groups excluding carboxylic acids is 2. The number of aryl methyl sites for hydroxylation is 1. The summed E-state index contributed by atoms with van der Waals surface area (Å²) in [4.78, 5) is 28.2. The zero-order chi connectivity index (χ0) is 19.2. The maximum atomic E-state index is 12.2. The molecule has 0 atom stereocenters. The molecule has 0 unspecified atom stereocenters. The standard InChI is InChI=1S/C20H18BrN3O3/c1-14-5-7-15(8-6-14)13-24-11-3-2-4-18(24)23-19(25)12-22-20(26)16-9-10-17(21)27-16/h2-11H,12-13H2,1H3,(H,22,26). The number of hydrogen-bond donors (Lipinski definition) is 1. The molecular formula is C20H18BrN3O3. The minimum atomic E-state index is -0.468. The van der Waals surface area contributed by atoms with Crippen molar-refractivity contribution in [2.24, 2.45) is 4.99 Å². The predicted octanol–water partition coefficient (Wildman–Crippen LogP) is 3.06. The van der Waals surface area contributed by atoms with Crippen molar-refractivity contribution in [3.8, 4) is 0 Å². The van der Waals surface area contributed by atoms with Crippen LogP contribution in [-0.2, 0) is 11.3 Å². The molecule has 27 heavy (non-hydrogen) atoms. The number of pyridine rings is 1. The topological polar surface area (TPSA) is 76.6 Å². The maximum Gasteiger partial charge on any atom is 0.287 e. The van der Waals surface area contributed by atoms with E-state index in [2.05, 4.69) is 26.2 Å². The average molecular weight is 428 g/mol. The van der Waals surface area contributed by atoms with E-state index >= 15 is 0 Å². The first-order chi connectivity index (χ1) is 13.0. The number of furan rings is 1. The van der Waals surface area contributed by atoms with E-state index in [1.165, 1.54) is 11.6 Å². The summed E-state index contributed by atoms with van der Waals surface area (Å²) < 4.78 is 7.48. The Kier molecular flexibility index (Phi) is 6.03. The fourth-order valence-corrected chi connectivity index (χ4v) is 2.75. The molecule has 2 aromatic heterocycles. The molecule has 0 saturated carbocycles. The van der Waals surface area contributed by atoms with Gasteiger partial charge in [0.25, 0.3) is 11.8 Å². The Hall–Kier alpha value is -2.93. The van der Waals surface area contributed by atoms with Gasteiger partial charge in [-0.15, -0.1) is 0 Å². The minimum Gasteiger partial charge on any atom is -0.444 e. The van der Waals surface area contributed by atoms with Crippen molar-refractivity contribution in [3.05, 3.63) is 87.8 Å². The molecule has 0 spiro atoms. The lowest BCUT2D eigenvalue weighted by Gasteiger charge is -2.08. The van der Waals surface area contributed by atoms with E-state index in [0.717, 1.165) is 5.56 Å². The van der Waals surface area contributed by atoms with Gasteiger partial charge in [0.05, 0.1) is 6.54 Å². The third-order valence-electron chi connectivity index (χ3n) is 3.83. The van der Waals surface area contributed by atoms with Crippen LogP contribution in [0.1, 0.15) is 21.7 Å². The predicted molar refractivity (Wildman–Crippen MR) is 104 cm³/mol. The molecular weight excluding hydrogens is 410 g/mol. The van der Waals surface area contributed by atoms with Crippen molar-refractivity contribution in [3.63, 3.8) is 0 Å². The Bertz CT molecular complexity index is 1020. The molecule has 0 aliphatic rings. The maximum absolute atomic E-state index is 12.2. The fraction of sp³-hybridized carbons (Fsp3) is 0.150. The van der Waals surface area contributed by atoms with E-state index in [1.54, 1.807) is 12.1 Å². The largest absolute Gasteiger partial charge is 0.444 e. The molecule has 7 heteroatoms. The van der Waals surface area contributed by atoms with Crippen LogP contribution in [-0.4, -0.2) is 22.9 Å². The molecule has 1 N–H and O–H groups in total. The van der Waals surface area contributed by atoms with E-state index in [4.69, 9.17) is 4.42 Å². The van der Waals surface area contributed by atoms with E-state index in [1.807, 2.05) is 54.1 Å². The number of nitrogens with one attached hydrogen (secondary N) is 1. The number of benzene rings is 1. The summed E-state index contributed by atoms with van der Waals surface area (Å²) in [6.45, 7) is 2.42. The van der Waals surface area contributed by atoms with Gasteiger partial charge < -0.3 is 14.3 Å². The van der Waals surface area contributed by atoms with Crippen LogP contribution >= 0.6 is 15.9 Å². The van der Waals surface area contributed by atoms with E-state index in [-0.39, 0.29) is 12.3 Å². The lowest BCUT2D eigenvalue weighted by Crippen LogP contribution is -2.30. The number of hydrogen-bond acceptors (Lipinski definition) is 3. The van der Waals surface area contributed by atoms with Gasteiger partial charge in [-0.3, -0.25) is 9.59 Å². The van der Waals surface area contributed by atoms with Crippen LogP contribution in [0.15, 0.2) is 74.9 Å². The second-order valence-electron chi connectivity index (χ2n) is 5.96. The molecule has 0 radical (unpaired) electrons. The number of aromatic nitrogens is 1. The second-order valence-corrected chi connectivity index (χ2v) is 6.75. The van der Waals surface area contributed by atoms with Crippen molar-refractivity contribution in [2.45, 2.75) is 13.5 Å². The fourth-order valence-electron chi connectivity index (χ4n) is 2.44. The molecule has 2 heterocycles. The zero-order valence-corrected chi connectivity index (χ0v) is 16.3. The first kappa shape index (κ1) is 18.8. The lowest BCUT2D eigenvalue weighted by atomic mass is 10.1. The molecule has 0 fully saturated rings. The highest BCUT2D eigenvalue weighted by Crippen LogP contribution is 2.13. The third-order valence-corrected chi connectivity index (χ3v) is 4.25. The van der Waals surface area contributed by atoms with Gasteiger partial charge in [-0.05, 0) is 52.7 Å². The van der Waals surface area contributed by atoms with E-state index < -0.39 is 11.8 Å². The number of rotatable bonds is 5. The third kappa shape index (κ3) is 5.27. The molecule has 0 aliphatic carbocycles. The second kappa shape index (κ2) is 8.64. The van der Waals surface area contributed by atoms with Crippen molar-refractivity contribution in [2.75, 3.05) is 6.54 Å². The summed E-state index contributed by atoms with van der Waals surface area (Å²) in [6.07, 6.45) is 1.87. The molecule has 0 aliphatic heterocycles. The van der Waals surface area contributed by atoms with Crippen molar-refractivity contribution >= 4 is 27.7 Å². The Labute approximate surface area is 164 Å². The van der Waals surface area contributed by atoms with Crippen LogP contribution in [0.5, 0.6) is 0 Å². The van der Waals surface area contributed by atoms with Gasteiger partial charge in [0.2, 0.25) is 0 Å². The molecule has 138 valence electrons. The molecule has 0 saturated heterocycles. The number of amides is 2. The van der Waals surface area contributed by atoms with Crippen molar-refractivity contribution in [1.29, 1.82) is 0 Å². The summed E-state index contributed by atoms with van der Waals surface area (Å²) in [5.74, 6) is -0.786. The lowest BCUT2D eigenvalue weighted by molar-refractivity contribution is -0.117. The molecule has 6 nitrogen and oxygen atoms in total. The zero-order valence-electron chi connectivity index (χ0n) is 14.7. The van der Waals surface area contributed by atoms with Crippen molar-refractivity contribution < 1.29 is 14.0 Å². The highest BCUT2D eigenvalue weighted by Gasteiger charge is 2.11. The summed E-state index contributed by atoms with van der Waals surface area (Å²) in [5, 5.41) is 2.50. The summed E-state index contributed by atoms with van der Waals surface area (Å²) in [6, 6.07) is 16.8. The first-order valence-corrected chi connectivity index (χ1v) is 9.13. The van der Waals surface area contributed by atoms with Gasteiger partial charge in [-0.1, -0.05) is 35.9 Å². The highest BCUT2D eigenvalue weighted by atomic mass is 79.9. The first-order valence-electron chi connectivity index (χ1n) is 8.33. The van der Waals surface area contributed by atoms with E-state index in [9.17, 15) is 9.59 Å². The van der Waals surface area contributed by atoms with E-state index in [0.29, 0.717) is 16.7 Å². The molecule has 3 aromatic rings. The number of nitrogens with zero attached hydrogens (tertiary/aromatic N) is 2. The van der Waals surface area contributed by atoms with Crippen molar-refractivity contribution in [1.82, 2.24) is 9.88 Å². The average Bonchev–Trinajstić information content (AvgIpc) is 3.10. The quantitative estimate of drug-likeness (QED) is 0.679. The van der Waals surface area contributed by atoms with Gasteiger partial charge in [0.15, 0.2) is 10.4 Å². The smallest absolute Gasteiger partial charge is 0.287 e. The van der Waals surface area contributed by atoms with Gasteiger partial charge in [0, 0.05) is 12.7 Å². The van der Waals surface area contributed by atoms with Crippen LogP contribution in [0, 0.1) is 6.92 Å². The van der Waals surface area contributed by atoms with Crippen LogP contribution in [0.2, 0.25) is 0 Å². The molecule has 2 amide bonds. The Morgan fingerprint density at radius 1 is 1.11 bits per heavy atom. The van der Waals surface area contributed by atoms with Crippen LogP contribution in [0.25, 0.3) is 0 Å². The van der Waals surface area contributed by atoms with Crippen LogP contribution in [0.3, 0.4) is 0 Å². The van der Waals surface area contributed by atoms with Crippen LogP contribution in [0.4, 0.5) is 0 Å². The van der Waals surface area contributed by atoms with Gasteiger partial charge in [-0.2, -0.15) is 4.99 Å². The minimum absolute atomic E-state index is 0.129. The number of carbonyl (C=O) groups is 2. The molecule has 3 rings (SSSR count). The Balaban J connectivity index is 1.69. The Morgan fingerprint density at radius 2 is 1.89 bits per heavy atom. The van der Waals surface area contributed by atoms with Gasteiger partial charge in [-0.25, -0.2) is 0 Å². The summed E-state index contributed by atoms with van der Waals surface area (Å²) in [5.41, 5.74) is 2.83. The summed E-state index contributed by atoms with van der Waals surface area (Å²) in [7, 11) is 0. The SMILES string of the molecule is Cc1ccc(Cn2ccccc2=NC(=O)CNC(=O)c2ccc(Br)o2)cc1. The van der Waals surface area contributed by atoms with Gasteiger partial charge >= 0.3 is 0 Å². The monoisotopic (exact) mass is 427 g/mol. The normalized spacial score (nSPS) is 11.4. The Morgan fingerprint density at radius 3 is 2.59 bits per heavy atom. The van der Waals surface area contributed by atoms with Gasteiger partial charge in [0.1, 0.15) is 5.49 Å². The molecule has 1 aromatic carbocycles. The highest BCUT2D eigenvalue weighted by molar-refractivity contribution is 9.10. The number of halogens is 1. The molecule has 0 bridgehead atoms. The summed E-state index contributed by atoms with van der Waals surface area (Å²) >= 11 is 3.13. The van der Waals surface area contributed by atoms with Crippen LogP contribution < -0.4 is 10.8 Å².